The van der Waals surface area contributed by atoms with Gasteiger partial charge in [0.25, 0.3) is 0 Å². The molecule has 2 rings (SSSR count). The summed E-state index contributed by atoms with van der Waals surface area (Å²) in [6.45, 7) is 5.83. The highest BCUT2D eigenvalue weighted by atomic mass is 19.1. The number of benzene rings is 1. The quantitative estimate of drug-likeness (QED) is 0.916. The molecular weight excluding hydrogens is 241 g/mol. The van der Waals surface area contributed by atoms with Gasteiger partial charge in [-0.25, -0.2) is 14.4 Å². The van der Waals surface area contributed by atoms with E-state index in [4.69, 9.17) is 0 Å². The van der Waals surface area contributed by atoms with E-state index in [-0.39, 0.29) is 5.82 Å². The molecular formula is C15H18FN3. The molecule has 0 aliphatic heterocycles. The highest BCUT2D eigenvalue weighted by Gasteiger charge is 2.12. The van der Waals surface area contributed by atoms with Crippen molar-refractivity contribution in [3.05, 3.63) is 41.0 Å². The standard InChI is InChI=1S/C15H18FN3/c1-5-13-18-14(10(3)15(17-4)19-13)11-6-9(2)7-12(16)8-11/h6-8H,5H2,1-4H3,(H,17,18,19). The van der Waals surface area contributed by atoms with Crippen LogP contribution in [0.4, 0.5) is 10.2 Å². The molecule has 0 aliphatic rings. The number of rotatable bonds is 3. The highest BCUT2D eigenvalue weighted by Crippen LogP contribution is 2.27. The predicted molar refractivity (Wildman–Crippen MR) is 75.8 cm³/mol. The third-order valence-corrected chi connectivity index (χ3v) is 3.06. The van der Waals surface area contributed by atoms with Gasteiger partial charge < -0.3 is 5.32 Å². The molecule has 0 bridgehead atoms. The van der Waals surface area contributed by atoms with Crippen LogP contribution in [0.1, 0.15) is 23.9 Å². The van der Waals surface area contributed by atoms with E-state index in [1.54, 1.807) is 0 Å². The molecule has 4 heteroatoms. The Hall–Kier alpha value is -1.97. The molecule has 0 spiro atoms. The van der Waals surface area contributed by atoms with E-state index in [0.717, 1.165) is 40.4 Å². The van der Waals surface area contributed by atoms with Crippen LogP contribution < -0.4 is 5.32 Å². The number of aromatic nitrogens is 2. The number of hydrogen-bond acceptors (Lipinski definition) is 3. The van der Waals surface area contributed by atoms with Crippen molar-refractivity contribution >= 4 is 5.82 Å². The molecule has 0 fully saturated rings. The van der Waals surface area contributed by atoms with Crippen LogP contribution in [0.25, 0.3) is 11.3 Å². The topological polar surface area (TPSA) is 37.8 Å². The SMILES string of the molecule is CCc1nc(NC)c(C)c(-c2cc(C)cc(F)c2)n1. The predicted octanol–water partition coefficient (Wildman–Crippen LogP) is 3.50. The summed E-state index contributed by atoms with van der Waals surface area (Å²) in [5.41, 5.74) is 3.41. The molecule has 0 aliphatic carbocycles. The zero-order valence-electron chi connectivity index (χ0n) is 11.7. The molecule has 1 aromatic heterocycles. The molecule has 3 nitrogen and oxygen atoms in total. The van der Waals surface area contributed by atoms with Crippen LogP contribution in [0.15, 0.2) is 18.2 Å². The Morgan fingerprint density at radius 3 is 2.47 bits per heavy atom. The van der Waals surface area contributed by atoms with Crippen molar-refractivity contribution in [2.45, 2.75) is 27.2 Å². The largest absolute Gasteiger partial charge is 0.373 e. The Kier molecular flexibility index (Phi) is 3.79. The molecule has 1 heterocycles. The zero-order chi connectivity index (χ0) is 14.0. The first kappa shape index (κ1) is 13.5. The van der Waals surface area contributed by atoms with Crippen LogP contribution in [0, 0.1) is 19.7 Å². The number of nitrogens with one attached hydrogen (secondary N) is 1. The smallest absolute Gasteiger partial charge is 0.132 e. The maximum atomic E-state index is 13.6. The van der Waals surface area contributed by atoms with Gasteiger partial charge in [-0.05, 0) is 37.6 Å². The van der Waals surface area contributed by atoms with Crippen molar-refractivity contribution in [1.82, 2.24) is 9.97 Å². The van der Waals surface area contributed by atoms with Gasteiger partial charge in [0.15, 0.2) is 0 Å². The second kappa shape index (κ2) is 5.34. The van der Waals surface area contributed by atoms with Crippen LogP contribution in [0.2, 0.25) is 0 Å². The van der Waals surface area contributed by atoms with Crippen molar-refractivity contribution < 1.29 is 4.39 Å². The summed E-state index contributed by atoms with van der Waals surface area (Å²) in [6.07, 6.45) is 0.746. The monoisotopic (exact) mass is 259 g/mol. The summed E-state index contributed by atoms with van der Waals surface area (Å²) in [4.78, 5) is 8.96. The van der Waals surface area contributed by atoms with E-state index in [0.29, 0.717) is 0 Å². The number of halogens is 1. The number of nitrogens with zero attached hydrogens (tertiary/aromatic N) is 2. The van der Waals surface area contributed by atoms with Crippen molar-refractivity contribution in [2.24, 2.45) is 0 Å². The average molecular weight is 259 g/mol. The molecule has 0 saturated carbocycles. The van der Waals surface area contributed by atoms with Gasteiger partial charge in [0.2, 0.25) is 0 Å². The third-order valence-electron chi connectivity index (χ3n) is 3.06. The first-order chi connectivity index (χ1) is 9.05. The number of hydrogen-bond donors (Lipinski definition) is 1. The molecule has 1 aromatic carbocycles. The second-order valence-corrected chi connectivity index (χ2v) is 4.58. The lowest BCUT2D eigenvalue weighted by Gasteiger charge is -2.12. The van der Waals surface area contributed by atoms with E-state index in [2.05, 4.69) is 15.3 Å². The molecule has 19 heavy (non-hydrogen) atoms. The molecule has 0 amide bonds. The summed E-state index contributed by atoms with van der Waals surface area (Å²) in [5.74, 6) is 1.31. The fraction of sp³-hybridized carbons (Fsp3) is 0.333. The number of aryl methyl sites for hydroxylation is 2. The Bertz CT molecular complexity index is 588. The third kappa shape index (κ3) is 2.72. The highest BCUT2D eigenvalue weighted by molar-refractivity contribution is 5.68. The van der Waals surface area contributed by atoms with Crippen molar-refractivity contribution in [1.29, 1.82) is 0 Å². The molecule has 0 saturated heterocycles. The van der Waals surface area contributed by atoms with E-state index < -0.39 is 0 Å². The van der Waals surface area contributed by atoms with E-state index in [9.17, 15) is 4.39 Å². The van der Waals surface area contributed by atoms with Gasteiger partial charge >= 0.3 is 0 Å². The van der Waals surface area contributed by atoms with E-state index in [1.807, 2.05) is 33.9 Å². The van der Waals surface area contributed by atoms with Crippen LogP contribution in [-0.4, -0.2) is 17.0 Å². The van der Waals surface area contributed by atoms with Crippen molar-refractivity contribution in [2.75, 3.05) is 12.4 Å². The summed E-state index contributed by atoms with van der Waals surface area (Å²) in [6, 6.07) is 4.97. The molecule has 0 unspecified atom stereocenters. The van der Waals surface area contributed by atoms with Crippen molar-refractivity contribution in [3.63, 3.8) is 0 Å². The number of anilines is 1. The normalized spacial score (nSPS) is 10.6. The van der Waals surface area contributed by atoms with Gasteiger partial charge in [-0.15, -0.1) is 0 Å². The lowest BCUT2D eigenvalue weighted by molar-refractivity contribution is 0.627. The zero-order valence-corrected chi connectivity index (χ0v) is 11.7. The molecule has 1 N–H and O–H groups in total. The Morgan fingerprint density at radius 1 is 1.16 bits per heavy atom. The van der Waals surface area contributed by atoms with Gasteiger partial charge in [0.05, 0.1) is 5.69 Å². The lowest BCUT2D eigenvalue weighted by atomic mass is 10.0. The first-order valence-corrected chi connectivity index (χ1v) is 6.38. The maximum Gasteiger partial charge on any atom is 0.132 e. The minimum absolute atomic E-state index is 0.239. The molecule has 100 valence electrons. The van der Waals surface area contributed by atoms with Crippen LogP contribution in [0.3, 0.4) is 0 Å². The minimum Gasteiger partial charge on any atom is -0.373 e. The summed E-state index contributed by atoms with van der Waals surface area (Å²) < 4.78 is 13.6. The Labute approximate surface area is 112 Å². The lowest BCUT2D eigenvalue weighted by Crippen LogP contribution is -2.04. The van der Waals surface area contributed by atoms with Gasteiger partial charge in [0.1, 0.15) is 17.5 Å². The fourth-order valence-electron chi connectivity index (χ4n) is 2.12. The van der Waals surface area contributed by atoms with Crippen LogP contribution in [-0.2, 0) is 6.42 Å². The Balaban J connectivity index is 2.66. The van der Waals surface area contributed by atoms with Gasteiger partial charge in [-0.2, -0.15) is 0 Å². The van der Waals surface area contributed by atoms with Gasteiger partial charge in [-0.1, -0.05) is 6.92 Å². The van der Waals surface area contributed by atoms with Crippen LogP contribution in [0.5, 0.6) is 0 Å². The van der Waals surface area contributed by atoms with Gasteiger partial charge in [0, 0.05) is 24.6 Å². The first-order valence-electron chi connectivity index (χ1n) is 6.38. The molecule has 0 radical (unpaired) electrons. The van der Waals surface area contributed by atoms with Gasteiger partial charge in [-0.3, -0.25) is 0 Å². The molecule has 2 aromatic rings. The van der Waals surface area contributed by atoms with Crippen LogP contribution >= 0.6 is 0 Å². The second-order valence-electron chi connectivity index (χ2n) is 4.58. The van der Waals surface area contributed by atoms with E-state index in [1.165, 1.54) is 12.1 Å². The summed E-state index contributed by atoms with van der Waals surface area (Å²) in [7, 11) is 1.83. The minimum atomic E-state index is -0.239. The van der Waals surface area contributed by atoms with Crippen molar-refractivity contribution in [3.8, 4) is 11.3 Å². The summed E-state index contributed by atoms with van der Waals surface area (Å²) in [5, 5.41) is 3.06. The average Bonchev–Trinajstić information content (AvgIpc) is 2.37. The molecule has 0 atom stereocenters. The fourth-order valence-corrected chi connectivity index (χ4v) is 2.12. The summed E-state index contributed by atoms with van der Waals surface area (Å²) >= 11 is 0. The maximum absolute atomic E-state index is 13.6. The Morgan fingerprint density at radius 2 is 1.89 bits per heavy atom. The van der Waals surface area contributed by atoms with E-state index >= 15 is 0 Å².